The molecule has 14 rings (SSSR count). The zero-order valence-electron chi connectivity index (χ0n) is 31.6. The van der Waals surface area contributed by atoms with Crippen molar-refractivity contribution in [2.75, 3.05) is 0 Å². The fraction of sp³-hybridized carbons (Fsp3) is 0. The number of hydrogen-bond acceptors (Lipinski definition) is 2. The minimum atomic E-state index is 0.648. The van der Waals surface area contributed by atoms with Crippen LogP contribution in [0, 0.1) is 0 Å². The maximum Gasteiger partial charge on any atom is 0.235 e. The molecule has 0 amide bonds. The first-order valence-corrected chi connectivity index (χ1v) is 20.2. The summed E-state index contributed by atoms with van der Waals surface area (Å²) < 4.78 is 7.31. The third kappa shape index (κ3) is 3.98. The number of hydrogen-bond donors (Lipinski definition) is 0. The molecule has 5 nitrogen and oxygen atoms in total. The van der Waals surface area contributed by atoms with Crippen LogP contribution in [0.4, 0.5) is 0 Å². The van der Waals surface area contributed by atoms with E-state index >= 15 is 0 Å². The van der Waals surface area contributed by atoms with Gasteiger partial charge in [-0.3, -0.25) is 4.57 Å². The van der Waals surface area contributed by atoms with E-state index in [1.165, 1.54) is 59.5 Å². The predicted molar refractivity (Wildman–Crippen MR) is 246 cm³/mol. The van der Waals surface area contributed by atoms with E-state index in [0.29, 0.717) is 5.95 Å². The number of nitrogens with zero attached hydrogens (tertiary/aromatic N) is 5. The quantitative estimate of drug-likeness (QED) is 0.169. The van der Waals surface area contributed by atoms with Crippen LogP contribution in [-0.2, 0) is 0 Å². The smallest absolute Gasteiger partial charge is 0.235 e. The Kier molecular flexibility index (Phi) is 5.96. The number of rotatable bonds is 3. The summed E-state index contributed by atoms with van der Waals surface area (Å²) >= 11 is 0. The lowest BCUT2D eigenvalue weighted by atomic mass is 10.00. The van der Waals surface area contributed by atoms with Gasteiger partial charge in [0.15, 0.2) is 0 Å². The molecular formula is C54H31N5. The van der Waals surface area contributed by atoms with Gasteiger partial charge in [-0.2, -0.15) is 0 Å². The van der Waals surface area contributed by atoms with Gasteiger partial charge in [0, 0.05) is 54.3 Å². The van der Waals surface area contributed by atoms with Crippen LogP contribution in [-0.4, -0.2) is 23.5 Å². The summed E-state index contributed by atoms with van der Waals surface area (Å²) in [6, 6.07) is 68.0. The Labute approximate surface area is 336 Å². The van der Waals surface area contributed by atoms with Crippen molar-refractivity contribution < 1.29 is 0 Å². The van der Waals surface area contributed by atoms with Gasteiger partial charge < -0.3 is 8.97 Å². The zero-order valence-corrected chi connectivity index (χ0v) is 31.6. The molecule has 14 aromatic rings. The summed E-state index contributed by atoms with van der Waals surface area (Å²) in [5.41, 5.74) is 12.1. The monoisotopic (exact) mass is 749 g/mol. The van der Waals surface area contributed by atoms with Crippen molar-refractivity contribution in [1.82, 2.24) is 23.5 Å². The first kappa shape index (κ1) is 31.1. The van der Waals surface area contributed by atoms with Gasteiger partial charge in [0.1, 0.15) is 0 Å². The minimum Gasteiger partial charge on any atom is -0.309 e. The summed E-state index contributed by atoms with van der Waals surface area (Å²) in [6.45, 7) is 0. The molecule has 272 valence electrons. The van der Waals surface area contributed by atoms with E-state index in [9.17, 15) is 0 Å². The molecule has 5 heterocycles. The van der Waals surface area contributed by atoms with E-state index in [1.54, 1.807) is 0 Å². The first-order valence-electron chi connectivity index (χ1n) is 20.2. The lowest BCUT2D eigenvalue weighted by Gasteiger charge is -2.14. The standard InChI is InChI=1S/C54H31N5/c1-3-16-33(17-4-1)51-47-35-20-8-7-15-32(35)29-30-41(47)55-54(56-51)59-45-28-14-27-44-50(45)49-40(38-24-13-23-37-36-21-9-11-25-42(36)58(44)52(37)38)31-46-48(53(49)59)39-22-10-12-26-43(39)57(46)34-18-5-2-6-19-34/h1-31H. The number of fused-ring (bicyclic) bond motifs is 12. The fourth-order valence-corrected chi connectivity index (χ4v) is 10.4. The van der Waals surface area contributed by atoms with Crippen molar-refractivity contribution in [2.45, 2.75) is 0 Å². The van der Waals surface area contributed by atoms with Crippen molar-refractivity contribution >= 4 is 103 Å². The Morgan fingerprint density at radius 2 is 0.983 bits per heavy atom. The maximum atomic E-state index is 5.68. The lowest BCUT2D eigenvalue weighted by Crippen LogP contribution is -2.04. The molecule has 5 aromatic heterocycles. The molecule has 0 aliphatic rings. The molecule has 0 atom stereocenters. The Morgan fingerprint density at radius 3 is 1.83 bits per heavy atom. The van der Waals surface area contributed by atoms with Gasteiger partial charge in [-0.15, -0.1) is 0 Å². The first-order chi connectivity index (χ1) is 29.3. The molecule has 0 unspecified atom stereocenters. The van der Waals surface area contributed by atoms with Crippen molar-refractivity contribution in [3.63, 3.8) is 0 Å². The number of para-hydroxylation sites is 4. The third-order valence-corrected chi connectivity index (χ3v) is 12.7. The normalized spacial score (nSPS) is 12.4. The van der Waals surface area contributed by atoms with Crippen LogP contribution >= 0.6 is 0 Å². The SMILES string of the molecule is c1ccc(-c2nc(-n3c4cccc5c4c4c(cc6c(c7ccccc7n6-c6ccccc6)c43)c3cccc4c6ccccc6n5c34)nc3ccc4ccccc4c23)cc1. The number of aromatic nitrogens is 5. The van der Waals surface area contributed by atoms with E-state index in [2.05, 4.69) is 202 Å². The fourth-order valence-electron chi connectivity index (χ4n) is 10.4. The Hall–Kier alpha value is -8.02. The largest absolute Gasteiger partial charge is 0.309 e. The van der Waals surface area contributed by atoms with Crippen LogP contribution in [0.25, 0.3) is 126 Å². The van der Waals surface area contributed by atoms with Crippen LogP contribution in [0.2, 0.25) is 0 Å². The Balaban J connectivity index is 1.29. The summed E-state index contributed by atoms with van der Waals surface area (Å²) in [5, 5.41) is 13.0. The summed E-state index contributed by atoms with van der Waals surface area (Å²) in [5.74, 6) is 0.648. The van der Waals surface area contributed by atoms with Crippen LogP contribution in [0.3, 0.4) is 0 Å². The second-order valence-corrected chi connectivity index (χ2v) is 15.7. The van der Waals surface area contributed by atoms with Gasteiger partial charge in [-0.25, -0.2) is 9.97 Å². The van der Waals surface area contributed by atoms with E-state index in [1.807, 2.05) is 0 Å². The maximum absolute atomic E-state index is 5.68. The van der Waals surface area contributed by atoms with Crippen molar-refractivity contribution in [2.24, 2.45) is 0 Å². The molecular weight excluding hydrogens is 719 g/mol. The molecule has 0 spiro atoms. The van der Waals surface area contributed by atoms with Crippen LogP contribution in [0.5, 0.6) is 0 Å². The van der Waals surface area contributed by atoms with Gasteiger partial charge in [0.25, 0.3) is 0 Å². The van der Waals surface area contributed by atoms with E-state index < -0.39 is 0 Å². The molecule has 0 aliphatic carbocycles. The van der Waals surface area contributed by atoms with Gasteiger partial charge >= 0.3 is 0 Å². The van der Waals surface area contributed by atoms with Crippen LogP contribution in [0.1, 0.15) is 0 Å². The molecule has 9 aromatic carbocycles. The van der Waals surface area contributed by atoms with Crippen LogP contribution < -0.4 is 0 Å². The molecule has 0 bridgehead atoms. The van der Waals surface area contributed by atoms with Crippen molar-refractivity contribution in [3.05, 3.63) is 188 Å². The summed E-state index contributed by atoms with van der Waals surface area (Å²) in [4.78, 5) is 11.3. The Bertz CT molecular complexity index is 4060. The molecule has 0 saturated heterocycles. The minimum absolute atomic E-state index is 0.648. The number of benzene rings is 9. The second-order valence-electron chi connectivity index (χ2n) is 15.7. The third-order valence-electron chi connectivity index (χ3n) is 12.7. The molecule has 0 N–H and O–H groups in total. The van der Waals surface area contributed by atoms with E-state index in [4.69, 9.17) is 9.97 Å². The van der Waals surface area contributed by atoms with E-state index in [-0.39, 0.29) is 0 Å². The summed E-state index contributed by atoms with van der Waals surface area (Å²) in [7, 11) is 0. The molecule has 5 heteroatoms. The zero-order chi connectivity index (χ0) is 38.3. The second kappa shape index (κ2) is 11.3. The highest BCUT2D eigenvalue weighted by Crippen LogP contribution is 2.49. The van der Waals surface area contributed by atoms with Gasteiger partial charge in [0.05, 0.1) is 49.8 Å². The predicted octanol–water partition coefficient (Wildman–Crippen LogP) is 13.8. The highest BCUT2D eigenvalue weighted by atomic mass is 15.2. The molecule has 0 fully saturated rings. The van der Waals surface area contributed by atoms with Gasteiger partial charge in [0.2, 0.25) is 5.95 Å². The average molecular weight is 750 g/mol. The molecule has 59 heavy (non-hydrogen) atoms. The molecule has 0 aliphatic heterocycles. The molecule has 0 radical (unpaired) electrons. The van der Waals surface area contributed by atoms with Gasteiger partial charge in [-0.05, 0) is 64.7 Å². The molecule has 0 saturated carbocycles. The van der Waals surface area contributed by atoms with Crippen molar-refractivity contribution in [1.29, 1.82) is 0 Å². The van der Waals surface area contributed by atoms with Crippen molar-refractivity contribution in [3.8, 4) is 22.9 Å². The van der Waals surface area contributed by atoms with E-state index in [0.717, 1.165) is 60.8 Å². The Morgan fingerprint density at radius 1 is 0.339 bits per heavy atom. The van der Waals surface area contributed by atoms with Crippen LogP contribution in [0.15, 0.2) is 188 Å². The highest BCUT2D eigenvalue weighted by Gasteiger charge is 2.28. The average Bonchev–Trinajstić information content (AvgIpc) is 3.92. The lowest BCUT2D eigenvalue weighted by molar-refractivity contribution is 1.02. The highest BCUT2D eigenvalue weighted by molar-refractivity contribution is 6.37. The topological polar surface area (TPSA) is 40.0 Å². The van der Waals surface area contributed by atoms with Gasteiger partial charge in [-0.1, -0.05) is 140 Å². The summed E-state index contributed by atoms with van der Waals surface area (Å²) in [6.07, 6.45) is 0.